The number of H-pyrrole nitrogens is 1. The van der Waals surface area contributed by atoms with E-state index in [0.717, 1.165) is 0 Å². The zero-order chi connectivity index (χ0) is 18.2. The van der Waals surface area contributed by atoms with Crippen LogP contribution in [-0.4, -0.2) is 4.98 Å². The maximum absolute atomic E-state index is 3.73. The van der Waals surface area contributed by atoms with E-state index in [4.69, 9.17) is 0 Å². The Kier molecular flexibility index (Phi) is 2.68. The van der Waals surface area contributed by atoms with Crippen molar-refractivity contribution in [3.05, 3.63) is 84.9 Å². The van der Waals surface area contributed by atoms with Gasteiger partial charge in [0.2, 0.25) is 0 Å². The van der Waals surface area contributed by atoms with Gasteiger partial charge in [-0.15, -0.1) is 11.3 Å². The van der Waals surface area contributed by atoms with Gasteiger partial charge in [-0.2, -0.15) is 0 Å². The van der Waals surface area contributed by atoms with Crippen LogP contribution >= 0.6 is 11.3 Å². The molecule has 5 aromatic carbocycles. The molecule has 0 saturated heterocycles. The average Bonchev–Trinajstić information content (AvgIpc) is 3.32. The van der Waals surface area contributed by atoms with Gasteiger partial charge in [-0.05, 0) is 27.6 Å². The SMILES string of the molecule is c1ccc2c(c1)ccc1c3ccc4c([nH]c5ccc6ccccc6c54)c3sc21. The van der Waals surface area contributed by atoms with Gasteiger partial charge in [-0.25, -0.2) is 0 Å². The number of benzene rings is 5. The van der Waals surface area contributed by atoms with Crippen molar-refractivity contribution >= 4 is 74.9 Å². The van der Waals surface area contributed by atoms with Gasteiger partial charge in [0, 0.05) is 31.8 Å². The molecule has 0 aliphatic heterocycles. The molecule has 0 aliphatic rings. The van der Waals surface area contributed by atoms with Gasteiger partial charge in [0.25, 0.3) is 0 Å². The molecule has 7 aromatic rings. The van der Waals surface area contributed by atoms with E-state index in [1.165, 1.54) is 63.5 Å². The second kappa shape index (κ2) is 5.12. The summed E-state index contributed by atoms with van der Waals surface area (Å²) < 4.78 is 2.73. The molecule has 0 unspecified atom stereocenters. The van der Waals surface area contributed by atoms with Crippen molar-refractivity contribution in [1.82, 2.24) is 4.98 Å². The van der Waals surface area contributed by atoms with Gasteiger partial charge >= 0.3 is 0 Å². The summed E-state index contributed by atoms with van der Waals surface area (Å²) in [5.74, 6) is 0. The normalized spacial score (nSPS) is 12.3. The van der Waals surface area contributed by atoms with E-state index in [-0.39, 0.29) is 0 Å². The van der Waals surface area contributed by atoms with Crippen molar-refractivity contribution in [3.8, 4) is 0 Å². The molecule has 0 bridgehead atoms. The fraction of sp³-hybridized carbons (Fsp3) is 0. The Balaban J connectivity index is 1.72. The van der Waals surface area contributed by atoms with Gasteiger partial charge < -0.3 is 4.98 Å². The molecule has 1 N–H and O–H groups in total. The first-order valence-electron chi connectivity index (χ1n) is 9.54. The van der Waals surface area contributed by atoms with Gasteiger partial charge in [-0.3, -0.25) is 0 Å². The molecule has 0 fully saturated rings. The highest BCUT2D eigenvalue weighted by Gasteiger charge is 2.15. The fourth-order valence-electron chi connectivity index (χ4n) is 4.70. The van der Waals surface area contributed by atoms with Crippen molar-refractivity contribution in [1.29, 1.82) is 0 Å². The predicted octanol–water partition coefficient (Wildman–Crippen LogP) is 8.00. The first-order chi connectivity index (χ1) is 13.9. The van der Waals surface area contributed by atoms with Gasteiger partial charge in [0.05, 0.1) is 10.2 Å². The third-order valence-electron chi connectivity index (χ3n) is 5.99. The lowest BCUT2D eigenvalue weighted by Crippen LogP contribution is -1.74. The molecule has 2 heteroatoms. The van der Waals surface area contributed by atoms with Crippen LogP contribution in [0.25, 0.3) is 63.5 Å². The highest BCUT2D eigenvalue weighted by atomic mass is 32.1. The summed E-state index contributed by atoms with van der Waals surface area (Å²) in [6, 6.07) is 30.9. The summed E-state index contributed by atoms with van der Waals surface area (Å²) >= 11 is 1.91. The molecule has 7 rings (SSSR count). The molecule has 0 radical (unpaired) electrons. The first kappa shape index (κ1) is 14.7. The first-order valence-corrected chi connectivity index (χ1v) is 10.4. The number of hydrogen-bond donors (Lipinski definition) is 1. The van der Waals surface area contributed by atoms with E-state index in [9.17, 15) is 0 Å². The van der Waals surface area contributed by atoms with Crippen molar-refractivity contribution in [2.75, 3.05) is 0 Å². The van der Waals surface area contributed by atoms with Crippen molar-refractivity contribution in [2.45, 2.75) is 0 Å². The predicted molar refractivity (Wildman–Crippen MR) is 124 cm³/mol. The minimum Gasteiger partial charge on any atom is -0.353 e. The standard InChI is InChI=1S/C26H15NS/c1-3-7-17-15(5-1)10-14-22-23(17)21-13-12-20-19-11-9-16-6-2-4-8-18(16)25(19)28-26(20)24(21)27-22/h1-14,27H. The van der Waals surface area contributed by atoms with Crippen LogP contribution in [0.1, 0.15) is 0 Å². The lowest BCUT2D eigenvalue weighted by molar-refractivity contribution is 1.58. The number of thiophene rings is 1. The van der Waals surface area contributed by atoms with Crippen LogP contribution < -0.4 is 0 Å². The Morgan fingerprint density at radius 3 is 2.04 bits per heavy atom. The molecule has 0 spiro atoms. The smallest absolute Gasteiger partial charge is 0.0646 e. The molecule has 28 heavy (non-hydrogen) atoms. The lowest BCUT2D eigenvalue weighted by atomic mass is 10.0. The van der Waals surface area contributed by atoms with Gasteiger partial charge in [0.1, 0.15) is 0 Å². The molecule has 2 aromatic heterocycles. The molecule has 0 saturated carbocycles. The minimum absolute atomic E-state index is 1.21. The minimum atomic E-state index is 1.21. The summed E-state index contributed by atoms with van der Waals surface area (Å²) in [6.45, 7) is 0. The second-order valence-corrected chi connectivity index (χ2v) is 8.49. The maximum atomic E-state index is 3.73. The van der Waals surface area contributed by atoms with Crippen LogP contribution in [0.4, 0.5) is 0 Å². The summed E-state index contributed by atoms with van der Waals surface area (Å²) in [5.41, 5.74) is 2.47. The summed E-state index contributed by atoms with van der Waals surface area (Å²) in [6.07, 6.45) is 0. The van der Waals surface area contributed by atoms with Crippen LogP contribution in [0.2, 0.25) is 0 Å². The Hall–Kier alpha value is -3.36. The van der Waals surface area contributed by atoms with Crippen molar-refractivity contribution in [2.24, 2.45) is 0 Å². The number of rotatable bonds is 0. The summed E-state index contributed by atoms with van der Waals surface area (Å²) in [7, 11) is 0. The number of hydrogen-bond acceptors (Lipinski definition) is 1. The maximum Gasteiger partial charge on any atom is 0.0646 e. The number of aromatic nitrogens is 1. The molecule has 130 valence electrons. The van der Waals surface area contributed by atoms with E-state index in [0.29, 0.717) is 0 Å². The molecular formula is C26H15NS. The van der Waals surface area contributed by atoms with E-state index >= 15 is 0 Å². The number of nitrogens with one attached hydrogen (secondary N) is 1. The number of aromatic amines is 1. The largest absolute Gasteiger partial charge is 0.353 e. The second-order valence-electron chi connectivity index (χ2n) is 7.46. The van der Waals surface area contributed by atoms with E-state index in [1.807, 2.05) is 11.3 Å². The Morgan fingerprint density at radius 1 is 0.500 bits per heavy atom. The monoisotopic (exact) mass is 373 g/mol. The molecule has 2 heterocycles. The van der Waals surface area contributed by atoms with E-state index in [2.05, 4.69) is 89.9 Å². The fourth-order valence-corrected chi connectivity index (χ4v) is 6.04. The Bertz CT molecular complexity index is 1720. The van der Waals surface area contributed by atoms with Crippen LogP contribution in [-0.2, 0) is 0 Å². The van der Waals surface area contributed by atoms with E-state index in [1.54, 1.807) is 0 Å². The Morgan fingerprint density at radius 2 is 1.14 bits per heavy atom. The average molecular weight is 373 g/mol. The quantitative estimate of drug-likeness (QED) is 0.277. The third kappa shape index (κ3) is 1.76. The van der Waals surface area contributed by atoms with Crippen LogP contribution in [0, 0.1) is 0 Å². The summed E-state index contributed by atoms with van der Waals surface area (Å²) in [4.78, 5) is 3.73. The zero-order valence-electron chi connectivity index (χ0n) is 15.0. The Labute approximate surface area is 164 Å². The molecule has 1 nitrogen and oxygen atoms in total. The van der Waals surface area contributed by atoms with Crippen LogP contribution in [0.15, 0.2) is 84.9 Å². The van der Waals surface area contributed by atoms with E-state index < -0.39 is 0 Å². The third-order valence-corrected chi connectivity index (χ3v) is 7.26. The zero-order valence-corrected chi connectivity index (χ0v) is 15.8. The van der Waals surface area contributed by atoms with Crippen molar-refractivity contribution < 1.29 is 0 Å². The van der Waals surface area contributed by atoms with Crippen LogP contribution in [0.3, 0.4) is 0 Å². The lowest BCUT2D eigenvalue weighted by Gasteiger charge is -2.00. The van der Waals surface area contributed by atoms with Gasteiger partial charge in [0.15, 0.2) is 0 Å². The molecule has 0 aliphatic carbocycles. The number of fused-ring (bicyclic) bond motifs is 11. The van der Waals surface area contributed by atoms with Gasteiger partial charge in [-0.1, -0.05) is 78.9 Å². The molecular weight excluding hydrogens is 358 g/mol. The van der Waals surface area contributed by atoms with Crippen LogP contribution in [0.5, 0.6) is 0 Å². The highest BCUT2D eigenvalue weighted by molar-refractivity contribution is 7.27. The highest BCUT2D eigenvalue weighted by Crippen LogP contribution is 2.43. The van der Waals surface area contributed by atoms with Crippen molar-refractivity contribution in [3.63, 3.8) is 0 Å². The summed E-state index contributed by atoms with van der Waals surface area (Å²) in [5, 5.41) is 10.6. The molecule has 0 atom stereocenters. The molecule has 0 amide bonds. The topological polar surface area (TPSA) is 15.8 Å².